The number of likely N-dealkylation sites (N-methyl/N-ethyl adjacent to an activating group) is 1. The maximum Gasteiger partial charge on any atom is 0.244 e. The number of benzene rings is 1. The number of anilines is 1. The summed E-state index contributed by atoms with van der Waals surface area (Å²) in [5.41, 5.74) is 1.03. The molecule has 158 valence electrons. The molecule has 9 heteroatoms. The highest BCUT2D eigenvalue weighted by molar-refractivity contribution is 7.89. The van der Waals surface area contributed by atoms with E-state index in [9.17, 15) is 8.42 Å². The van der Waals surface area contributed by atoms with Crippen LogP contribution < -0.4 is 4.90 Å². The van der Waals surface area contributed by atoms with E-state index >= 15 is 0 Å². The molecular weight excluding hydrogens is 418 g/mol. The number of hydrogen-bond acceptors (Lipinski definition) is 7. The van der Waals surface area contributed by atoms with Crippen molar-refractivity contribution in [3.8, 4) is 0 Å². The predicted octanol–water partition coefficient (Wildman–Crippen LogP) is 2.97. The first-order chi connectivity index (χ1) is 14.5. The fraction of sp³-hybridized carbons (Fsp3) is 0.429. The van der Waals surface area contributed by atoms with E-state index in [4.69, 9.17) is 4.98 Å². The number of aromatic nitrogens is 2. The average Bonchev–Trinajstić information content (AvgIpc) is 3.41. The molecule has 2 aliphatic heterocycles. The van der Waals surface area contributed by atoms with Gasteiger partial charge in [0.2, 0.25) is 10.0 Å². The van der Waals surface area contributed by atoms with Crippen LogP contribution in [-0.4, -0.2) is 67.4 Å². The van der Waals surface area contributed by atoms with Crippen LogP contribution in [0.3, 0.4) is 0 Å². The van der Waals surface area contributed by atoms with Gasteiger partial charge in [-0.05, 0) is 44.2 Å². The molecule has 0 radical (unpaired) electrons. The van der Waals surface area contributed by atoms with Gasteiger partial charge >= 0.3 is 0 Å². The topological polar surface area (TPSA) is 69.6 Å². The Hall–Kier alpha value is -2.07. The van der Waals surface area contributed by atoms with Crippen LogP contribution in [0.15, 0.2) is 47.5 Å². The van der Waals surface area contributed by atoms with Crippen molar-refractivity contribution in [1.29, 1.82) is 0 Å². The van der Waals surface area contributed by atoms with Crippen molar-refractivity contribution < 1.29 is 8.42 Å². The van der Waals surface area contributed by atoms with Gasteiger partial charge in [0.1, 0.15) is 15.7 Å². The first-order valence-corrected chi connectivity index (χ1v) is 12.5. The maximum atomic E-state index is 13.0. The number of rotatable bonds is 4. The van der Waals surface area contributed by atoms with E-state index in [1.165, 1.54) is 10.9 Å². The van der Waals surface area contributed by atoms with Crippen LogP contribution in [0.2, 0.25) is 0 Å². The Balaban J connectivity index is 1.38. The molecule has 2 saturated heterocycles. The molecule has 30 heavy (non-hydrogen) atoms. The Labute approximate surface area is 181 Å². The fourth-order valence-corrected chi connectivity index (χ4v) is 6.69. The summed E-state index contributed by atoms with van der Waals surface area (Å²) < 4.78 is 28.7. The van der Waals surface area contributed by atoms with Crippen LogP contribution >= 0.6 is 11.3 Å². The van der Waals surface area contributed by atoms with Crippen LogP contribution in [0.1, 0.15) is 23.9 Å². The number of thiazole rings is 1. The van der Waals surface area contributed by atoms with Gasteiger partial charge in [-0.25, -0.2) is 18.4 Å². The fourth-order valence-electron chi connectivity index (χ4n) is 4.20. The number of piperazine rings is 1. The third-order valence-electron chi connectivity index (χ3n) is 5.96. The molecule has 1 aromatic carbocycles. The Kier molecular flexibility index (Phi) is 5.22. The lowest BCUT2D eigenvalue weighted by Crippen LogP contribution is -2.47. The van der Waals surface area contributed by atoms with Crippen molar-refractivity contribution in [1.82, 2.24) is 19.2 Å². The molecule has 2 aromatic heterocycles. The first kappa shape index (κ1) is 19.9. The summed E-state index contributed by atoms with van der Waals surface area (Å²) in [4.78, 5) is 14.1. The minimum Gasteiger partial charge on any atom is -0.347 e. The lowest BCUT2D eigenvalue weighted by atomic mass is 10.2. The molecule has 0 N–H and O–H groups in total. The number of fused-ring (bicyclic) bond motifs is 1. The van der Waals surface area contributed by atoms with Crippen LogP contribution in [0, 0.1) is 0 Å². The smallest absolute Gasteiger partial charge is 0.244 e. The minimum atomic E-state index is -3.49. The van der Waals surface area contributed by atoms with E-state index in [-0.39, 0.29) is 10.9 Å². The molecule has 5 rings (SSSR count). The number of hydrogen-bond donors (Lipinski definition) is 0. The normalized spacial score (nSPS) is 21.5. The van der Waals surface area contributed by atoms with Gasteiger partial charge in [0, 0.05) is 38.9 Å². The molecule has 0 aliphatic carbocycles. The summed E-state index contributed by atoms with van der Waals surface area (Å²) in [6.45, 7) is 3.45. The molecule has 0 unspecified atom stereocenters. The zero-order valence-electron chi connectivity index (χ0n) is 16.9. The Morgan fingerprint density at radius 2 is 1.83 bits per heavy atom. The van der Waals surface area contributed by atoms with Gasteiger partial charge in [0.25, 0.3) is 0 Å². The van der Waals surface area contributed by atoms with Crippen molar-refractivity contribution >= 4 is 37.4 Å². The van der Waals surface area contributed by atoms with Gasteiger partial charge in [0.05, 0.1) is 16.3 Å². The molecule has 3 aromatic rings. The van der Waals surface area contributed by atoms with Gasteiger partial charge in [0.15, 0.2) is 0 Å². The summed E-state index contributed by atoms with van der Waals surface area (Å²) >= 11 is 1.73. The highest BCUT2D eigenvalue weighted by Gasteiger charge is 2.31. The van der Waals surface area contributed by atoms with E-state index in [2.05, 4.69) is 20.9 Å². The lowest BCUT2D eigenvalue weighted by Gasteiger charge is -2.31. The summed E-state index contributed by atoms with van der Waals surface area (Å²) in [6, 6.07) is 11.9. The molecular formula is C21H25N5O2S2. The van der Waals surface area contributed by atoms with Crippen LogP contribution in [0.25, 0.3) is 10.2 Å². The average molecular weight is 444 g/mol. The van der Waals surface area contributed by atoms with Crippen LogP contribution in [0.4, 0.5) is 5.82 Å². The molecule has 0 bridgehead atoms. The molecule has 0 amide bonds. The Morgan fingerprint density at radius 3 is 2.57 bits per heavy atom. The quantitative estimate of drug-likeness (QED) is 0.618. The molecule has 1 atom stereocenters. The monoisotopic (exact) mass is 443 g/mol. The Bertz CT molecular complexity index is 1100. The largest absolute Gasteiger partial charge is 0.347 e. The number of para-hydroxylation sites is 1. The lowest BCUT2D eigenvalue weighted by molar-refractivity contribution is 0.222. The van der Waals surface area contributed by atoms with Gasteiger partial charge in [-0.2, -0.15) is 4.31 Å². The number of pyridine rings is 1. The van der Waals surface area contributed by atoms with Crippen molar-refractivity contribution in [3.63, 3.8) is 0 Å². The zero-order chi connectivity index (χ0) is 20.7. The summed E-state index contributed by atoms with van der Waals surface area (Å²) in [7, 11) is -1.48. The number of nitrogens with zero attached hydrogens (tertiary/aromatic N) is 5. The second-order valence-corrected chi connectivity index (χ2v) is 10.9. The molecule has 4 heterocycles. The van der Waals surface area contributed by atoms with E-state index in [0.29, 0.717) is 13.1 Å². The van der Waals surface area contributed by atoms with Gasteiger partial charge < -0.3 is 9.80 Å². The standard InChI is InChI=1S/C21H25N5O2S2/c1-24-11-13-25(14-12-24)30(27,28)16-8-9-20(22-15-16)26-10-4-6-18(26)21-23-17-5-2-3-7-19(17)29-21/h2-3,5,7-9,15,18H,4,6,10-14H2,1H3/t18-/m0/s1. The van der Waals surface area contributed by atoms with Crippen molar-refractivity contribution in [2.24, 2.45) is 0 Å². The van der Waals surface area contributed by atoms with E-state index in [1.54, 1.807) is 21.7 Å². The highest BCUT2D eigenvalue weighted by atomic mass is 32.2. The molecule has 0 spiro atoms. The van der Waals surface area contributed by atoms with E-state index < -0.39 is 10.0 Å². The van der Waals surface area contributed by atoms with Crippen molar-refractivity contribution in [2.45, 2.75) is 23.8 Å². The highest BCUT2D eigenvalue weighted by Crippen LogP contribution is 2.38. The van der Waals surface area contributed by atoms with Gasteiger partial charge in [-0.15, -0.1) is 11.3 Å². The minimum absolute atomic E-state index is 0.190. The van der Waals surface area contributed by atoms with E-state index in [0.717, 1.165) is 48.8 Å². The maximum absolute atomic E-state index is 13.0. The molecule has 2 fully saturated rings. The summed E-state index contributed by atoms with van der Waals surface area (Å²) in [5.74, 6) is 0.814. The molecule has 2 aliphatic rings. The zero-order valence-corrected chi connectivity index (χ0v) is 18.6. The van der Waals surface area contributed by atoms with Crippen molar-refractivity contribution in [2.75, 3.05) is 44.7 Å². The SMILES string of the molecule is CN1CCN(S(=O)(=O)c2ccc(N3CCC[C@H]3c3nc4ccccc4s3)nc2)CC1. The van der Waals surface area contributed by atoms with Gasteiger partial charge in [-0.3, -0.25) is 0 Å². The summed E-state index contributed by atoms with van der Waals surface area (Å²) in [6.07, 6.45) is 3.61. The van der Waals surface area contributed by atoms with Crippen LogP contribution in [0.5, 0.6) is 0 Å². The van der Waals surface area contributed by atoms with E-state index in [1.807, 2.05) is 31.3 Å². The first-order valence-electron chi connectivity index (χ1n) is 10.3. The molecule has 0 saturated carbocycles. The predicted molar refractivity (Wildman–Crippen MR) is 119 cm³/mol. The van der Waals surface area contributed by atoms with Crippen LogP contribution in [-0.2, 0) is 10.0 Å². The number of sulfonamides is 1. The molecule has 7 nitrogen and oxygen atoms in total. The second kappa shape index (κ2) is 7.88. The Morgan fingerprint density at radius 1 is 1.03 bits per heavy atom. The van der Waals surface area contributed by atoms with Crippen molar-refractivity contribution in [3.05, 3.63) is 47.6 Å². The third kappa shape index (κ3) is 3.60. The van der Waals surface area contributed by atoms with Gasteiger partial charge in [-0.1, -0.05) is 12.1 Å². The second-order valence-electron chi connectivity index (χ2n) is 7.93. The third-order valence-corrected chi connectivity index (χ3v) is 8.98. The summed E-state index contributed by atoms with van der Waals surface area (Å²) in [5, 5.41) is 1.10.